The van der Waals surface area contributed by atoms with E-state index in [0.29, 0.717) is 11.4 Å². The van der Waals surface area contributed by atoms with Crippen LogP contribution in [-0.4, -0.2) is 23.1 Å². The molecule has 3 rings (SSSR count). The molecule has 0 fully saturated rings. The second-order valence-electron chi connectivity index (χ2n) is 6.19. The Labute approximate surface area is 148 Å². The molecule has 0 aromatic heterocycles. The highest BCUT2D eigenvalue weighted by Crippen LogP contribution is 2.25. The Morgan fingerprint density at radius 2 is 1.32 bits per heavy atom. The van der Waals surface area contributed by atoms with Crippen LogP contribution in [0.15, 0.2) is 47.4 Å². The molecule has 0 spiro atoms. The summed E-state index contributed by atoms with van der Waals surface area (Å²) in [6.45, 7) is 0. The number of benzene rings is 2. The summed E-state index contributed by atoms with van der Waals surface area (Å²) in [5, 5.41) is 0. The minimum Gasteiger partial charge on any atom is -0.284 e. The second-order valence-corrected chi connectivity index (χ2v) is 9.63. The maximum Gasteiger partial charge on any atom is 0.261 e. The maximum absolute atomic E-state index is 12.6. The predicted molar refractivity (Wildman–Crippen MR) is 98.8 cm³/mol. The van der Waals surface area contributed by atoms with Gasteiger partial charge in [-0.25, -0.2) is 16.8 Å². The van der Waals surface area contributed by atoms with Gasteiger partial charge in [0.15, 0.2) is 0 Å². The summed E-state index contributed by atoms with van der Waals surface area (Å²) in [7, 11) is -7.05. The van der Waals surface area contributed by atoms with Crippen molar-refractivity contribution in [1.82, 2.24) is 0 Å². The number of hydrogen-bond acceptors (Lipinski definition) is 4. The third-order valence-corrected chi connectivity index (χ3v) is 6.06. The lowest BCUT2D eigenvalue weighted by Gasteiger charge is -2.17. The molecule has 134 valence electrons. The molecule has 2 aromatic carbocycles. The van der Waals surface area contributed by atoms with Crippen LogP contribution in [0.25, 0.3) is 0 Å². The zero-order valence-corrected chi connectivity index (χ0v) is 15.5. The zero-order chi connectivity index (χ0) is 18.1. The topological polar surface area (TPSA) is 92.3 Å². The fraction of sp³-hybridized carbons (Fsp3) is 0.294. The Morgan fingerprint density at radius 1 is 0.760 bits per heavy atom. The second kappa shape index (κ2) is 6.68. The van der Waals surface area contributed by atoms with Crippen LogP contribution in [0.3, 0.4) is 0 Å². The molecule has 1 aliphatic rings. The first-order chi connectivity index (χ1) is 11.7. The van der Waals surface area contributed by atoms with Crippen molar-refractivity contribution in [1.29, 1.82) is 0 Å². The van der Waals surface area contributed by atoms with Gasteiger partial charge in [-0.3, -0.25) is 9.44 Å². The molecule has 0 radical (unpaired) electrons. The molecular formula is C17H20N2O4S2. The Balaban J connectivity index is 1.79. The van der Waals surface area contributed by atoms with E-state index in [1.807, 2.05) is 6.07 Å². The molecule has 0 amide bonds. The van der Waals surface area contributed by atoms with Crippen LogP contribution in [0.1, 0.15) is 24.0 Å². The monoisotopic (exact) mass is 380 g/mol. The van der Waals surface area contributed by atoms with Gasteiger partial charge in [-0.15, -0.1) is 0 Å². The molecular weight excluding hydrogens is 360 g/mol. The predicted octanol–water partition coefficient (Wildman–Crippen LogP) is 2.74. The van der Waals surface area contributed by atoms with E-state index in [9.17, 15) is 16.8 Å². The van der Waals surface area contributed by atoms with Crippen LogP contribution in [0.2, 0.25) is 0 Å². The van der Waals surface area contributed by atoms with Gasteiger partial charge in [-0.2, -0.15) is 0 Å². The summed E-state index contributed by atoms with van der Waals surface area (Å²) >= 11 is 0. The van der Waals surface area contributed by atoms with Crippen molar-refractivity contribution < 1.29 is 16.8 Å². The maximum atomic E-state index is 12.6. The lowest BCUT2D eigenvalue weighted by atomic mass is 9.92. The van der Waals surface area contributed by atoms with Crippen LogP contribution >= 0.6 is 0 Å². The smallest absolute Gasteiger partial charge is 0.261 e. The molecule has 6 nitrogen and oxygen atoms in total. The molecule has 0 heterocycles. The lowest BCUT2D eigenvalue weighted by molar-refractivity contribution is 0.600. The van der Waals surface area contributed by atoms with Crippen molar-refractivity contribution in [2.75, 3.05) is 15.7 Å². The number of anilines is 2. The van der Waals surface area contributed by atoms with E-state index in [1.54, 1.807) is 12.1 Å². The van der Waals surface area contributed by atoms with E-state index in [4.69, 9.17) is 0 Å². The van der Waals surface area contributed by atoms with Gasteiger partial charge in [0.1, 0.15) is 0 Å². The fourth-order valence-electron chi connectivity index (χ4n) is 2.91. The minimum atomic E-state index is -3.68. The van der Waals surface area contributed by atoms with Gasteiger partial charge in [0.05, 0.1) is 11.2 Å². The minimum absolute atomic E-state index is 0.242. The summed E-state index contributed by atoms with van der Waals surface area (Å²) in [6.07, 6.45) is 5.19. The summed E-state index contributed by atoms with van der Waals surface area (Å²) in [4.78, 5) is 0.242. The van der Waals surface area contributed by atoms with Crippen molar-refractivity contribution in [3.05, 3.63) is 53.6 Å². The van der Waals surface area contributed by atoms with Crippen LogP contribution < -0.4 is 9.44 Å². The molecule has 0 unspecified atom stereocenters. The SMILES string of the molecule is CS(=O)(=O)Nc1ccc(NS(=O)(=O)c2ccc3c(c2)CCCC3)cc1. The molecule has 2 N–H and O–H groups in total. The van der Waals surface area contributed by atoms with Crippen LogP contribution in [0.4, 0.5) is 11.4 Å². The van der Waals surface area contributed by atoms with E-state index >= 15 is 0 Å². The van der Waals surface area contributed by atoms with Crippen LogP contribution in [-0.2, 0) is 32.9 Å². The number of hydrogen-bond donors (Lipinski definition) is 2. The number of rotatable bonds is 5. The zero-order valence-electron chi connectivity index (χ0n) is 13.8. The lowest BCUT2D eigenvalue weighted by Crippen LogP contribution is -2.14. The van der Waals surface area contributed by atoms with Gasteiger partial charge < -0.3 is 0 Å². The fourth-order valence-corrected chi connectivity index (χ4v) is 4.58. The van der Waals surface area contributed by atoms with E-state index in [-0.39, 0.29) is 4.90 Å². The Kier molecular flexibility index (Phi) is 4.75. The Morgan fingerprint density at radius 3 is 1.92 bits per heavy atom. The molecule has 1 aliphatic carbocycles. The molecule has 0 saturated carbocycles. The summed E-state index contributed by atoms with van der Waals surface area (Å²) in [5.74, 6) is 0. The molecule has 0 saturated heterocycles. The summed E-state index contributed by atoms with van der Waals surface area (Å²) in [6, 6.07) is 11.3. The van der Waals surface area contributed by atoms with Crippen molar-refractivity contribution in [2.24, 2.45) is 0 Å². The first-order valence-electron chi connectivity index (χ1n) is 7.95. The van der Waals surface area contributed by atoms with Crippen molar-refractivity contribution >= 4 is 31.4 Å². The van der Waals surface area contributed by atoms with E-state index < -0.39 is 20.0 Å². The number of aryl methyl sites for hydroxylation is 2. The largest absolute Gasteiger partial charge is 0.284 e. The van der Waals surface area contributed by atoms with E-state index in [1.165, 1.54) is 29.8 Å². The number of sulfonamides is 2. The van der Waals surface area contributed by atoms with E-state index in [0.717, 1.165) is 37.5 Å². The van der Waals surface area contributed by atoms with Crippen molar-refractivity contribution in [2.45, 2.75) is 30.6 Å². The molecule has 0 bridgehead atoms. The first-order valence-corrected chi connectivity index (χ1v) is 11.3. The van der Waals surface area contributed by atoms with Gasteiger partial charge in [0, 0.05) is 11.4 Å². The van der Waals surface area contributed by atoms with Gasteiger partial charge >= 0.3 is 0 Å². The summed E-state index contributed by atoms with van der Waals surface area (Å²) < 4.78 is 52.4. The van der Waals surface area contributed by atoms with Gasteiger partial charge in [0.2, 0.25) is 10.0 Å². The Bertz CT molecular complexity index is 982. The standard InChI is InChI=1S/C17H20N2O4S2/c1-24(20,21)18-15-7-9-16(10-8-15)19-25(22,23)17-11-6-13-4-2-3-5-14(13)12-17/h6-12,18-19H,2-5H2,1H3. The van der Waals surface area contributed by atoms with Gasteiger partial charge in [0.25, 0.3) is 10.0 Å². The number of fused-ring (bicyclic) bond motifs is 1. The third-order valence-electron chi connectivity index (χ3n) is 4.07. The highest BCUT2D eigenvalue weighted by molar-refractivity contribution is 7.92. The van der Waals surface area contributed by atoms with Crippen LogP contribution in [0, 0.1) is 0 Å². The molecule has 25 heavy (non-hydrogen) atoms. The van der Waals surface area contributed by atoms with Crippen molar-refractivity contribution in [3.63, 3.8) is 0 Å². The molecule has 0 aliphatic heterocycles. The summed E-state index contributed by atoms with van der Waals surface area (Å²) in [5.41, 5.74) is 3.07. The molecule has 8 heteroatoms. The normalized spacial score (nSPS) is 14.6. The third kappa shape index (κ3) is 4.52. The Hall–Kier alpha value is -2.06. The average molecular weight is 380 g/mol. The van der Waals surface area contributed by atoms with Crippen LogP contribution in [0.5, 0.6) is 0 Å². The van der Waals surface area contributed by atoms with E-state index in [2.05, 4.69) is 9.44 Å². The van der Waals surface area contributed by atoms with Gasteiger partial charge in [-0.1, -0.05) is 6.07 Å². The number of nitrogens with one attached hydrogen (secondary N) is 2. The molecule has 2 aromatic rings. The highest BCUT2D eigenvalue weighted by atomic mass is 32.2. The molecule has 0 atom stereocenters. The average Bonchev–Trinajstić information content (AvgIpc) is 2.55. The quantitative estimate of drug-likeness (QED) is 0.834. The van der Waals surface area contributed by atoms with Gasteiger partial charge in [-0.05, 0) is 73.2 Å². The first kappa shape index (κ1) is 17.8. The highest BCUT2D eigenvalue weighted by Gasteiger charge is 2.18. The van der Waals surface area contributed by atoms with Crippen molar-refractivity contribution in [3.8, 4) is 0 Å².